The highest BCUT2D eigenvalue weighted by molar-refractivity contribution is 6.07. The van der Waals surface area contributed by atoms with E-state index >= 15 is 0 Å². The van der Waals surface area contributed by atoms with Gasteiger partial charge in [0.25, 0.3) is 5.91 Å². The lowest BCUT2D eigenvalue weighted by Crippen LogP contribution is -2.64. The molecule has 5 rings (SSSR count). The van der Waals surface area contributed by atoms with E-state index in [1.165, 1.54) is 10.8 Å². The quantitative estimate of drug-likeness (QED) is 0.577. The van der Waals surface area contributed by atoms with Crippen molar-refractivity contribution in [1.29, 1.82) is 0 Å². The fourth-order valence-corrected chi connectivity index (χ4v) is 4.78. The number of hydrogen-bond donors (Lipinski definition) is 0. The highest BCUT2D eigenvalue weighted by atomic mass is 19.2. The van der Waals surface area contributed by atoms with Crippen molar-refractivity contribution in [2.24, 2.45) is 0 Å². The summed E-state index contributed by atoms with van der Waals surface area (Å²) in [6.07, 6.45) is 7.89. The summed E-state index contributed by atoms with van der Waals surface area (Å²) in [6.45, 7) is 2.70. The molecule has 0 bridgehead atoms. The number of amides is 1. The fraction of sp³-hybridized carbons (Fsp3) is 0.364. The summed E-state index contributed by atoms with van der Waals surface area (Å²) in [5, 5.41) is 0. The first-order valence-electron chi connectivity index (χ1n) is 10.5. The Labute approximate surface area is 182 Å². The zero-order valence-electron chi connectivity index (χ0n) is 17.6. The number of fused-ring (bicyclic) bond motifs is 3. The number of anilines is 2. The lowest BCUT2D eigenvalue weighted by molar-refractivity contribution is -0.124. The highest BCUT2D eigenvalue weighted by Gasteiger charge is 2.51. The molecule has 0 N–H and O–H groups in total. The van der Waals surface area contributed by atoms with E-state index in [1.54, 1.807) is 24.3 Å². The molecule has 7 nitrogen and oxygen atoms in total. The molecular weight excluding hydrogens is 421 g/mol. The van der Waals surface area contributed by atoms with Crippen LogP contribution >= 0.6 is 0 Å². The van der Waals surface area contributed by atoms with Crippen molar-refractivity contribution in [3.63, 3.8) is 0 Å². The third kappa shape index (κ3) is 2.81. The van der Waals surface area contributed by atoms with Crippen LogP contribution in [0.25, 0.3) is 17.3 Å². The summed E-state index contributed by atoms with van der Waals surface area (Å²) in [4.78, 5) is 30.2. The van der Waals surface area contributed by atoms with Crippen LogP contribution in [0.3, 0.4) is 0 Å². The molecule has 1 aromatic carbocycles. The maximum atomic E-state index is 13.8. The second-order valence-corrected chi connectivity index (χ2v) is 8.11. The lowest BCUT2D eigenvalue weighted by Gasteiger charge is -2.51. The number of likely N-dealkylation sites (N-methyl/N-ethyl adjacent to an activating group) is 1. The predicted molar refractivity (Wildman–Crippen MR) is 112 cm³/mol. The van der Waals surface area contributed by atoms with Gasteiger partial charge in [-0.3, -0.25) is 9.36 Å². The Morgan fingerprint density at radius 3 is 2.59 bits per heavy atom. The molecule has 166 valence electrons. The zero-order chi connectivity index (χ0) is 22.6. The Kier molecular flexibility index (Phi) is 4.68. The van der Waals surface area contributed by atoms with Gasteiger partial charge in [-0.1, -0.05) is 6.92 Å². The average molecular weight is 442 g/mol. The second kappa shape index (κ2) is 7.32. The molecule has 0 spiro atoms. The Balaban J connectivity index is 1.64. The van der Waals surface area contributed by atoms with Gasteiger partial charge in [-0.25, -0.2) is 23.1 Å². The Morgan fingerprint density at radius 2 is 1.88 bits per heavy atom. The van der Waals surface area contributed by atoms with Crippen LogP contribution in [0.5, 0.6) is 0 Å². The molecule has 0 aliphatic carbocycles. The van der Waals surface area contributed by atoms with Gasteiger partial charge in [-0.15, -0.1) is 0 Å². The Morgan fingerprint density at radius 1 is 1.12 bits per heavy atom. The molecule has 3 aromatic rings. The highest BCUT2D eigenvalue weighted by Crippen LogP contribution is 2.44. The van der Waals surface area contributed by atoms with E-state index in [4.69, 9.17) is 4.98 Å². The molecule has 1 saturated heterocycles. The number of hydrogen-bond acceptors (Lipinski definition) is 5. The van der Waals surface area contributed by atoms with Crippen molar-refractivity contribution in [1.82, 2.24) is 19.5 Å². The summed E-state index contributed by atoms with van der Waals surface area (Å²) in [5.74, 6) is -3.07. The molecule has 0 saturated carbocycles. The summed E-state index contributed by atoms with van der Waals surface area (Å²) < 4.78 is 42.5. The van der Waals surface area contributed by atoms with Crippen molar-refractivity contribution >= 4 is 17.4 Å². The summed E-state index contributed by atoms with van der Waals surface area (Å²) in [5.41, 5.74) is 0.0123. The molecule has 0 radical (unpaired) electrons. The molecule has 32 heavy (non-hydrogen) atoms. The van der Waals surface area contributed by atoms with Crippen LogP contribution in [-0.2, 0) is 4.79 Å². The molecule has 0 unspecified atom stereocenters. The maximum Gasteiger partial charge on any atom is 0.252 e. The number of rotatable bonds is 3. The van der Waals surface area contributed by atoms with Gasteiger partial charge in [-0.2, -0.15) is 4.98 Å². The Hall–Kier alpha value is -3.43. The van der Waals surface area contributed by atoms with E-state index in [1.807, 2.05) is 6.92 Å². The van der Waals surface area contributed by atoms with Crippen LogP contribution in [0.2, 0.25) is 0 Å². The molecule has 2 aliphatic rings. The van der Waals surface area contributed by atoms with Crippen LogP contribution in [0.1, 0.15) is 32.6 Å². The smallest absolute Gasteiger partial charge is 0.252 e. The van der Waals surface area contributed by atoms with Crippen LogP contribution in [-0.4, -0.2) is 44.6 Å². The average Bonchev–Trinajstić information content (AvgIpc) is 3.30. The third-order valence-electron chi connectivity index (χ3n) is 6.48. The largest absolute Gasteiger partial charge is 0.340 e. The van der Waals surface area contributed by atoms with Crippen molar-refractivity contribution in [3.05, 3.63) is 48.2 Å². The molecule has 1 fully saturated rings. The van der Waals surface area contributed by atoms with Crippen LogP contribution < -0.4 is 9.80 Å². The number of nitrogens with zero attached hydrogens (tertiary/aromatic N) is 6. The molecular formula is C22H21F3N6O. The summed E-state index contributed by atoms with van der Waals surface area (Å²) in [6, 6.07) is 1.77. The van der Waals surface area contributed by atoms with E-state index in [2.05, 4.69) is 14.9 Å². The van der Waals surface area contributed by atoms with E-state index in [9.17, 15) is 18.0 Å². The van der Waals surface area contributed by atoms with Gasteiger partial charge in [-0.05, 0) is 37.8 Å². The zero-order valence-corrected chi connectivity index (χ0v) is 17.6. The van der Waals surface area contributed by atoms with Gasteiger partial charge in [0, 0.05) is 31.5 Å². The van der Waals surface area contributed by atoms with Crippen LogP contribution in [0.15, 0.2) is 30.7 Å². The normalized spacial score (nSPS) is 20.3. The molecule has 1 amide bonds. The van der Waals surface area contributed by atoms with E-state index < -0.39 is 23.0 Å². The van der Waals surface area contributed by atoms with Crippen LogP contribution in [0, 0.1) is 17.5 Å². The maximum absolute atomic E-state index is 13.8. The van der Waals surface area contributed by atoms with Gasteiger partial charge >= 0.3 is 0 Å². The minimum absolute atomic E-state index is 0.0316. The van der Waals surface area contributed by atoms with Crippen molar-refractivity contribution in [2.75, 3.05) is 23.4 Å². The minimum atomic E-state index is -1.54. The van der Waals surface area contributed by atoms with E-state index in [0.717, 1.165) is 31.4 Å². The lowest BCUT2D eigenvalue weighted by atomic mass is 9.81. The van der Waals surface area contributed by atoms with Gasteiger partial charge in [0.1, 0.15) is 17.1 Å². The van der Waals surface area contributed by atoms with Crippen molar-refractivity contribution < 1.29 is 18.0 Å². The van der Waals surface area contributed by atoms with Gasteiger partial charge in [0.2, 0.25) is 5.95 Å². The Bertz CT molecular complexity index is 1210. The van der Waals surface area contributed by atoms with Gasteiger partial charge in [0.15, 0.2) is 23.3 Å². The predicted octanol–water partition coefficient (Wildman–Crippen LogP) is 3.86. The number of halogens is 3. The number of benzene rings is 1. The van der Waals surface area contributed by atoms with Crippen molar-refractivity contribution in [2.45, 2.75) is 38.1 Å². The van der Waals surface area contributed by atoms with Crippen LogP contribution in [0.4, 0.5) is 24.7 Å². The number of aromatic nitrogens is 4. The minimum Gasteiger partial charge on any atom is -0.340 e. The number of carbonyl (C=O) groups excluding carboxylic acids is 1. The fourth-order valence-electron chi connectivity index (χ4n) is 4.78. The number of carbonyl (C=O) groups is 1. The molecule has 4 heterocycles. The third-order valence-corrected chi connectivity index (χ3v) is 6.48. The molecule has 2 aliphatic heterocycles. The first kappa shape index (κ1) is 20.5. The topological polar surface area (TPSA) is 67.2 Å². The summed E-state index contributed by atoms with van der Waals surface area (Å²) >= 11 is 0. The van der Waals surface area contributed by atoms with Gasteiger partial charge in [0.05, 0.1) is 6.20 Å². The molecule has 1 atom stereocenters. The number of piperidine rings is 1. The molecule has 10 heteroatoms. The first-order valence-corrected chi connectivity index (χ1v) is 10.5. The van der Waals surface area contributed by atoms with E-state index in [0.29, 0.717) is 24.5 Å². The van der Waals surface area contributed by atoms with Gasteiger partial charge < -0.3 is 9.80 Å². The first-order chi connectivity index (χ1) is 15.4. The second-order valence-electron chi connectivity index (χ2n) is 8.11. The molecule has 2 aromatic heterocycles. The van der Waals surface area contributed by atoms with Crippen molar-refractivity contribution in [3.8, 4) is 17.3 Å². The number of imidazole rings is 1. The summed E-state index contributed by atoms with van der Waals surface area (Å²) in [7, 11) is 1.72. The van der Waals surface area contributed by atoms with E-state index in [-0.39, 0.29) is 23.2 Å². The monoisotopic (exact) mass is 442 g/mol. The SMILES string of the molecule is CC[C@]12CCCCN1c1nc(-n3ccnc3-c3cc(F)c(F)c(F)c3)ncc1N(C)C2=O. The standard InChI is InChI=1S/C22H21F3N6O/c1-3-22-6-4-5-8-31(22)19-16(29(2)20(22)32)12-27-21(28-19)30-9-7-26-18(30)13-10-14(23)17(25)15(24)11-13/h7,9-12H,3-6,8H2,1-2H3/t22-/m1/s1.